The van der Waals surface area contributed by atoms with Crippen molar-refractivity contribution in [2.75, 3.05) is 6.54 Å². The summed E-state index contributed by atoms with van der Waals surface area (Å²) in [6, 6.07) is 6.90. The van der Waals surface area contributed by atoms with Gasteiger partial charge in [0.1, 0.15) is 23.3 Å². The number of carbonyl (C=O) groups is 1. The maximum absolute atomic E-state index is 14.6. The molecular formula is C19H18BrF3N2O3S. The molecule has 2 atom stereocenters. The molecule has 0 spiro atoms. The van der Waals surface area contributed by atoms with Gasteiger partial charge in [-0.05, 0) is 55.0 Å². The number of hydrogen-bond donors (Lipinski definition) is 1. The van der Waals surface area contributed by atoms with E-state index in [0.717, 1.165) is 28.6 Å². The van der Waals surface area contributed by atoms with Crippen molar-refractivity contribution in [1.82, 2.24) is 9.62 Å². The summed E-state index contributed by atoms with van der Waals surface area (Å²) in [5.41, 5.74) is -1.45. The number of rotatable bonds is 5. The molecule has 0 aromatic heterocycles. The summed E-state index contributed by atoms with van der Waals surface area (Å²) < 4.78 is 68.4. The van der Waals surface area contributed by atoms with E-state index in [9.17, 15) is 26.4 Å². The molecule has 1 fully saturated rings. The summed E-state index contributed by atoms with van der Waals surface area (Å²) in [5, 5.41) is 2.54. The van der Waals surface area contributed by atoms with E-state index < -0.39 is 45.8 Å². The number of halogens is 4. The van der Waals surface area contributed by atoms with E-state index in [2.05, 4.69) is 21.2 Å². The third kappa shape index (κ3) is 4.99. The normalized spacial score (nSPS) is 22.6. The van der Waals surface area contributed by atoms with Crippen LogP contribution in [0.1, 0.15) is 18.9 Å². The van der Waals surface area contributed by atoms with Crippen LogP contribution in [0.15, 0.2) is 51.8 Å². The van der Waals surface area contributed by atoms with Gasteiger partial charge in [0.15, 0.2) is 0 Å². The molecule has 0 bridgehead atoms. The summed E-state index contributed by atoms with van der Waals surface area (Å²) in [5.74, 6) is -1.81. The third-order valence-electron chi connectivity index (χ3n) is 4.56. The minimum Gasteiger partial charge on any atom is -0.351 e. The highest BCUT2D eigenvalue weighted by molar-refractivity contribution is 9.10. The zero-order valence-electron chi connectivity index (χ0n) is 15.3. The van der Waals surface area contributed by atoms with Crippen LogP contribution in [0.3, 0.4) is 0 Å². The molecule has 1 N–H and O–H groups in total. The van der Waals surface area contributed by atoms with E-state index in [-0.39, 0.29) is 17.9 Å². The lowest BCUT2D eigenvalue weighted by atomic mass is 10.0. The number of nitrogens with zero attached hydrogens (tertiary/aromatic N) is 1. The van der Waals surface area contributed by atoms with E-state index in [0.29, 0.717) is 10.0 Å². The van der Waals surface area contributed by atoms with Gasteiger partial charge in [-0.15, -0.1) is 0 Å². The number of carbonyl (C=O) groups excluding carboxylic acids is 1. The predicted octanol–water partition coefficient (Wildman–Crippen LogP) is 3.53. The maximum atomic E-state index is 14.6. The second-order valence-corrected chi connectivity index (χ2v) is 9.94. The van der Waals surface area contributed by atoms with Crippen LogP contribution in [0.4, 0.5) is 13.2 Å². The molecule has 10 heteroatoms. The first-order chi connectivity index (χ1) is 13.5. The quantitative estimate of drug-likeness (QED) is 0.696. The van der Waals surface area contributed by atoms with E-state index >= 15 is 0 Å². The van der Waals surface area contributed by atoms with Crippen molar-refractivity contribution in [3.05, 3.63) is 64.1 Å². The zero-order valence-corrected chi connectivity index (χ0v) is 17.7. The Morgan fingerprint density at radius 3 is 2.48 bits per heavy atom. The molecule has 1 amide bonds. The lowest BCUT2D eigenvalue weighted by molar-refractivity contribution is -0.124. The average molecular weight is 491 g/mol. The van der Waals surface area contributed by atoms with Gasteiger partial charge < -0.3 is 5.32 Å². The Morgan fingerprint density at radius 2 is 1.86 bits per heavy atom. The molecule has 2 aromatic carbocycles. The fraction of sp³-hybridized carbons (Fsp3) is 0.316. The molecule has 1 heterocycles. The topological polar surface area (TPSA) is 66.5 Å². The van der Waals surface area contributed by atoms with Crippen molar-refractivity contribution in [3.8, 4) is 0 Å². The molecule has 29 heavy (non-hydrogen) atoms. The summed E-state index contributed by atoms with van der Waals surface area (Å²) in [6.07, 6.45) is -0.327. The molecule has 0 saturated carbocycles. The van der Waals surface area contributed by atoms with Gasteiger partial charge in [-0.3, -0.25) is 4.79 Å². The van der Waals surface area contributed by atoms with Crippen molar-refractivity contribution in [3.63, 3.8) is 0 Å². The smallest absolute Gasteiger partial charge is 0.243 e. The van der Waals surface area contributed by atoms with Gasteiger partial charge in [-0.25, -0.2) is 21.6 Å². The van der Waals surface area contributed by atoms with Crippen LogP contribution < -0.4 is 5.32 Å². The van der Waals surface area contributed by atoms with E-state index in [4.69, 9.17) is 0 Å². The molecule has 1 unspecified atom stereocenters. The SMILES string of the molecule is CC1(F)C[C@@H](C(=O)NCc2cc(F)cc(Br)c2)N(S(=O)(=O)c2ccc(F)cc2)C1. The fourth-order valence-electron chi connectivity index (χ4n) is 3.24. The van der Waals surface area contributed by atoms with Crippen LogP contribution in [-0.2, 0) is 21.4 Å². The van der Waals surface area contributed by atoms with Crippen LogP contribution in [-0.4, -0.2) is 36.9 Å². The van der Waals surface area contributed by atoms with Gasteiger partial charge in [0, 0.05) is 24.0 Å². The van der Waals surface area contributed by atoms with Gasteiger partial charge in [-0.1, -0.05) is 15.9 Å². The second kappa shape index (κ2) is 8.08. The van der Waals surface area contributed by atoms with Crippen LogP contribution >= 0.6 is 15.9 Å². The van der Waals surface area contributed by atoms with Gasteiger partial charge >= 0.3 is 0 Å². The number of alkyl halides is 1. The third-order valence-corrected chi connectivity index (χ3v) is 6.89. The van der Waals surface area contributed by atoms with Crippen LogP contribution in [0.5, 0.6) is 0 Å². The molecule has 5 nitrogen and oxygen atoms in total. The van der Waals surface area contributed by atoms with Gasteiger partial charge in [0.05, 0.1) is 4.90 Å². The van der Waals surface area contributed by atoms with Crippen LogP contribution in [0.25, 0.3) is 0 Å². The van der Waals surface area contributed by atoms with Crippen molar-refractivity contribution in [2.45, 2.75) is 36.5 Å². The summed E-state index contributed by atoms with van der Waals surface area (Å²) in [7, 11) is -4.22. The molecule has 1 aliphatic rings. The molecule has 156 valence electrons. The Labute approximate surface area is 175 Å². The highest BCUT2D eigenvalue weighted by Crippen LogP contribution is 2.35. The highest BCUT2D eigenvalue weighted by Gasteiger charge is 2.49. The van der Waals surface area contributed by atoms with Crippen LogP contribution in [0, 0.1) is 11.6 Å². The number of amides is 1. The number of sulfonamides is 1. The fourth-order valence-corrected chi connectivity index (χ4v) is 5.45. The van der Waals surface area contributed by atoms with Crippen molar-refractivity contribution >= 4 is 31.9 Å². The van der Waals surface area contributed by atoms with Gasteiger partial charge in [-0.2, -0.15) is 4.31 Å². The Hall–Kier alpha value is -1.91. The lowest BCUT2D eigenvalue weighted by Gasteiger charge is -2.23. The van der Waals surface area contributed by atoms with Crippen molar-refractivity contribution in [2.24, 2.45) is 0 Å². The molecule has 0 aliphatic carbocycles. The second-order valence-electron chi connectivity index (χ2n) is 7.13. The van der Waals surface area contributed by atoms with E-state index in [1.165, 1.54) is 19.1 Å². The largest absolute Gasteiger partial charge is 0.351 e. The monoisotopic (exact) mass is 490 g/mol. The molecule has 1 saturated heterocycles. The highest BCUT2D eigenvalue weighted by atomic mass is 79.9. The van der Waals surface area contributed by atoms with Crippen LogP contribution in [0.2, 0.25) is 0 Å². The number of benzene rings is 2. The first kappa shape index (κ1) is 21.8. The summed E-state index contributed by atoms with van der Waals surface area (Å²) in [4.78, 5) is 12.4. The van der Waals surface area contributed by atoms with E-state index in [1.54, 1.807) is 6.07 Å². The molecule has 3 rings (SSSR count). The Bertz CT molecular complexity index is 1010. The van der Waals surface area contributed by atoms with Gasteiger partial charge in [0.2, 0.25) is 15.9 Å². The molecule has 2 aromatic rings. The minimum absolute atomic E-state index is 0.0564. The van der Waals surface area contributed by atoms with Crippen molar-refractivity contribution < 1.29 is 26.4 Å². The first-order valence-corrected chi connectivity index (χ1v) is 10.9. The predicted molar refractivity (Wildman–Crippen MR) is 104 cm³/mol. The summed E-state index contributed by atoms with van der Waals surface area (Å²) >= 11 is 3.15. The Kier molecular flexibility index (Phi) is 6.07. The lowest BCUT2D eigenvalue weighted by Crippen LogP contribution is -2.45. The van der Waals surface area contributed by atoms with E-state index in [1.807, 2.05) is 0 Å². The average Bonchev–Trinajstić information content (AvgIpc) is 2.96. The number of nitrogens with one attached hydrogen (secondary N) is 1. The Morgan fingerprint density at radius 1 is 1.21 bits per heavy atom. The van der Waals surface area contributed by atoms with Crippen molar-refractivity contribution in [1.29, 1.82) is 0 Å². The molecular weight excluding hydrogens is 473 g/mol. The maximum Gasteiger partial charge on any atom is 0.243 e. The Balaban J connectivity index is 1.81. The summed E-state index contributed by atoms with van der Waals surface area (Å²) in [6.45, 7) is 0.659. The number of hydrogen-bond acceptors (Lipinski definition) is 3. The first-order valence-electron chi connectivity index (χ1n) is 8.67. The standard InChI is InChI=1S/C19H18BrF3N2O3S/c1-19(23)9-17(18(26)24-10-12-6-13(20)8-15(22)7-12)25(11-19)29(27,28)16-4-2-14(21)3-5-16/h2-8,17H,9-11H2,1H3,(H,24,26)/t17-,19?/m0/s1. The molecule has 1 aliphatic heterocycles. The molecule has 0 radical (unpaired) electrons. The minimum atomic E-state index is -4.22. The zero-order chi connectivity index (χ0) is 21.4. The van der Waals surface area contributed by atoms with Gasteiger partial charge in [0.25, 0.3) is 0 Å².